The van der Waals surface area contributed by atoms with E-state index < -0.39 is 21.5 Å². The molecule has 2 N–H and O–H groups in total. The molecule has 0 aromatic heterocycles. The highest BCUT2D eigenvalue weighted by Crippen LogP contribution is 2.27. The second-order valence-electron chi connectivity index (χ2n) is 6.92. The first-order valence-electron chi connectivity index (χ1n) is 7.94. The largest absolute Gasteiger partial charge is 0.493 e. The third kappa shape index (κ3) is 6.91. The van der Waals surface area contributed by atoms with Crippen LogP contribution in [0.25, 0.3) is 0 Å². The van der Waals surface area contributed by atoms with Crippen molar-refractivity contribution in [3.8, 4) is 11.5 Å². The Bertz CT molecular complexity index is 695. The summed E-state index contributed by atoms with van der Waals surface area (Å²) in [6.07, 6.45) is 1.63. The minimum absolute atomic E-state index is 0.349. The van der Waals surface area contributed by atoms with E-state index in [4.69, 9.17) is 9.47 Å². The predicted octanol–water partition coefficient (Wildman–Crippen LogP) is 1.33. The molecule has 0 fully saturated rings. The Kier molecular flexibility index (Phi) is 7.25. The fraction of sp³-hybridized carbons (Fsp3) is 0.588. The Labute approximate surface area is 150 Å². The van der Waals surface area contributed by atoms with Crippen LogP contribution in [0.2, 0.25) is 0 Å². The first-order valence-corrected chi connectivity index (χ1v) is 9.83. The van der Waals surface area contributed by atoms with Gasteiger partial charge in [-0.15, -0.1) is 0 Å². The molecular formula is C17H28N2O5S. The van der Waals surface area contributed by atoms with Gasteiger partial charge >= 0.3 is 0 Å². The molecule has 142 valence electrons. The summed E-state index contributed by atoms with van der Waals surface area (Å²) >= 11 is 0. The molecule has 0 saturated heterocycles. The van der Waals surface area contributed by atoms with Crippen LogP contribution in [0.3, 0.4) is 0 Å². The first kappa shape index (κ1) is 21.2. The summed E-state index contributed by atoms with van der Waals surface area (Å²) in [5, 5.41) is 2.79. The Balaban J connectivity index is 2.71. The lowest BCUT2D eigenvalue weighted by atomic mass is 9.87. The molecule has 7 nitrogen and oxygen atoms in total. The Morgan fingerprint density at radius 3 is 2.24 bits per heavy atom. The van der Waals surface area contributed by atoms with Gasteiger partial charge in [0.05, 0.1) is 20.5 Å². The summed E-state index contributed by atoms with van der Waals surface area (Å²) in [5.74, 6) is 0.913. The molecule has 1 atom stereocenters. The zero-order valence-electron chi connectivity index (χ0n) is 15.7. The average Bonchev–Trinajstić information content (AvgIpc) is 2.50. The van der Waals surface area contributed by atoms with Gasteiger partial charge in [0.2, 0.25) is 15.9 Å². The van der Waals surface area contributed by atoms with Crippen molar-refractivity contribution in [2.45, 2.75) is 33.2 Å². The molecule has 1 aromatic carbocycles. The smallest absolute Gasteiger partial charge is 0.238 e. The number of hydrogen-bond donors (Lipinski definition) is 2. The molecule has 0 heterocycles. The Morgan fingerprint density at radius 1 is 1.16 bits per heavy atom. The predicted molar refractivity (Wildman–Crippen MR) is 97.5 cm³/mol. The van der Waals surface area contributed by atoms with Crippen LogP contribution in [0.1, 0.15) is 26.3 Å². The lowest BCUT2D eigenvalue weighted by Crippen LogP contribution is -2.53. The molecule has 1 aromatic rings. The number of carbonyl (C=O) groups is 1. The van der Waals surface area contributed by atoms with E-state index >= 15 is 0 Å². The number of nitrogens with one attached hydrogen (secondary N) is 2. The quantitative estimate of drug-likeness (QED) is 0.718. The SMILES string of the molecule is COc1ccc(CCNC(=O)[C@@H](NS(C)(=O)=O)C(C)(C)C)cc1OC. The van der Waals surface area contributed by atoms with Gasteiger partial charge in [-0.1, -0.05) is 26.8 Å². The highest BCUT2D eigenvalue weighted by molar-refractivity contribution is 7.88. The third-order valence-electron chi connectivity index (χ3n) is 3.62. The van der Waals surface area contributed by atoms with Crippen molar-refractivity contribution >= 4 is 15.9 Å². The van der Waals surface area contributed by atoms with E-state index in [0.29, 0.717) is 24.5 Å². The molecule has 0 aliphatic heterocycles. The van der Waals surface area contributed by atoms with Crippen LogP contribution in [0, 0.1) is 5.41 Å². The number of amides is 1. The second kappa shape index (κ2) is 8.53. The van der Waals surface area contributed by atoms with E-state index in [0.717, 1.165) is 11.8 Å². The number of ether oxygens (including phenoxy) is 2. The number of benzene rings is 1. The van der Waals surface area contributed by atoms with Crippen LogP contribution in [-0.2, 0) is 21.2 Å². The van der Waals surface area contributed by atoms with Crippen molar-refractivity contribution in [1.82, 2.24) is 10.0 Å². The molecule has 0 aliphatic rings. The number of carbonyl (C=O) groups excluding carboxylic acids is 1. The van der Waals surface area contributed by atoms with Crippen LogP contribution < -0.4 is 19.5 Å². The van der Waals surface area contributed by atoms with Crippen LogP contribution in [-0.4, -0.2) is 47.4 Å². The Hall–Kier alpha value is -1.80. The van der Waals surface area contributed by atoms with Crippen molar-refractivity contribution in [2.75, 3.05) is 27.0 Å². The van der Waals surface area contributed by atoms with E-state index in [1.807, 2.05) is 32.9 Å². The normalized spacial score (nSPS) is 13.2. The number of hydrogen-bond acceptors (Lipinski definition) is 5. The van der Waals surface area contributed by atoms with Crippen LogP contribution in [0.4, 0.5) is 0 Å². The highest BCUT2D eigenvalue weighted by atomic mass is 32.2. The lowest BCUT2D eigenvalue weighted by molar-refractivity contribution is -0.124. The van der Waals surface area contributed by atoms with E-state index in [1.54, 1.807) is 20.3 Å². The molecule has 0 saturated carbocycles. The van der Waals surface area contributed by atoms with Gasteiger partial charge in [0, 0.05) is 6.54 Å². The molecular weight excluding hydrogens is 344 g/mol. The first-order chi connectivity index (χ1) is 11.5. The Morgan fingerprint density at radius 2 is 1.76 bits per heavy atom. The van der Waals surface area contributed by atoms with Gasteiger partial charge in [0.1, 0.15) is 6.04 Å². The highest BCUT2D eigenvalue weighted by Gasteiger charge is 2.33. The minimum Gasteiger partial charge on any atom is -0.493 e. The van der Waals surface area contributed by atoms with Crippen LogP contribution in [0.15, 0.2) is 18.2 Å². The maximum Gasteiger partial charge on any atom is 0.238 e. The van der Waals surface area contributed by atoms with Gasteiger partial charge in [-0.2, -0.15) is 0 Å². The van der Waals surface area contributed by atoms with Crippen molar-refractivity contribution in [3.05, 3.63) is 23.8 Å². The van der Waals surface area contributed by atoms with Crippen LogP contribution in [0.5, 0.6) is 11.5 Å². The molecule has 25 heavy (non-hydrogen) atoms. The minimum atomic E-state index is -3.49. The molecule has 1 amide bonds. The van der Waals surface area contributed by atoms with E-state index in [-0.39, 0.29) is 5.91 Å². The summed E-state index contributed by atoms with van der Waals surface area (Å²) in [4.78, 5) is 12.4. The molecule has 0 radical (unpaired) electrons. The van der Waals surface area contributed by atoms with Crippen molar-refractivity contribution in [3.63, 3.8) is 0 Å². The third-order valence-corrected chi connectivity index (χ3v) is 4.28. The average molecular weight is 372 g/mol. The molecule has 0 bridgehead atoms. The van der Waals surface area contributed by atoms with Gasteiger partial charge in [-0.25, -0.2) is 13.1 Å². The standard InChI is InChI=1S/C17H28N2O5S/c1-17(2,3)15(19-25(6,21)22)16(20)18-10-9-12-7-8-13(23-4)14(11-12)24-5/h7-8,11,15,19H,9-10H2,1-6H3,(H,18,20)/t15-/m1/s1. The summed E-state index contributed by atoms with van der Waals surface area (Å²) in [6.45, 7) is 5.81. The van der Waals surface area contributed by atoms with Crippen molar-refractivity contribution < 1.29 is 22.7 Å². The fourth-order valence-electron chi connectivity index (χ4n) is 2.31. The molecule has 0 unspecified atom stereocenters. The maximum absolute atomic E-state index is 12.4. The molecule has 1 rings (SSSR count). The monoisotopic (exact) mass is 372 g/mol. The van der Waals surface area contributed by atoms with E-state index in [1.165, 1.54) is 0 Å². The number of sulfonamides is 1. The second-order valence-corrected chi connectivity index (χ2v) is 8.70. The summed E-state index contributed by atoms with van der Waals surface area (Å²) in [7, 11) is -0.354. The lowest BCUT2D eigenvalue weighted by Gasteiger charge is -2.29. The molecule has 0 spiro atoms. The fourth-order valence-corrected chi connectivity index (χ4v) is 3.19. The summed E-state index contributed by atoms with van der Waals surface area (Å²) in [6, 6.07) is 4.71. The number of methoxy groups -OCH3 is 2. The van der Waals surface area contributed by atoms with Gasteiger partial charge < -0.3 is 14.8 Å². The van der Waals surface area contributed by atoms with Gasteiger partial charge in [0.25, 0.3) is 0 Å². The zero-order chi connectivity index (χ0) is 19.3. The summed E-state index contributed by atoms with van der Waals surface area (Å²) in [5.41, 5.74) is 0.428. The maximum atomic E-state index is 12.4. The molecule has 0 aliphatic carbocycles. The van der Waals surface area contributed by atoms with E-state index in [2.05, 4.69) is 10.0 Å². The van der Waals surface area contributed by atoms with Gasteiger partial charge in [0.15, 0.2) is 11.5 Å². The van der Waals surface area contributed by atoms with Crippen molar-refractivity contribution in [1.29, 1.82) is 0 Å². The topological polar surface area (TPSA) is 93.7 Å². The van der Waals surface area contributed by atoms with Crippen molar-refractivity contribution in [2.24, 2.45) is 5.41 Å². The zero-order valence-corrected chi connectivity index (χ0v) is 16.5. The van der Waals surface area contributed by atoms with Gasteiger partial charge in [-0.05, 0) is 29.5 Å². The number of rotatable bonds is 8. The molecule has 8 heteroatoms. The summed E-state index contributed by atoms with van der Waals surface area (Å²) < 4.78 is 35.8. The van der Waals surface area contributed by atoms with Gasteiger partial charge in [-0.3, -0.25) is 4.79 Å². The van der Waals surface area contributed by atoms with Crippen LogP contribution >= 0.6 is 0 Å². The van der Waals surface area contributed by atoms with E-state index in [9.17, 15) is 13.2 Å².